The van der Waals surface area contributed by atoms with Gasteiger partial charge in [0.05, 0.1) is 51.8 Å². The van der Waals surface area contributed by atoms with Crippen molar-refractivity contribution in [3.8, 4) is 40.2 Å². The maximum Gasteiger partial charge on any atom is 0.338 e. The van der Waals surface area contributed by atoms with Crippen LogP contribution in [0, 0.1) is 5.82 Å². The second-order valence-electron chi connectivity index (χ2n) is 14.9. The summed E-state index contributed by atoms with van der Waals surface area (Å²) < 4.78 is 58.6. The minimum absolute atomic E-state index is 0.282. The number of rotatable bonds is 28. The average Bonchev–Trinajstić information content (AvgIpc) is 3.23. The van der Waals surface area contributed by atoms with E-state index in [9.17, 15) is 9.18 Å². The van der Waals surface area contributed by atoms with E-state index in [1.807, 2.05) is 0 Å². The van der Waals surface area contributed by atoms with Crippen LogP contribution >= 0.6 is 0 Å². The SMILES string of the molecule is CCCCOc1cc2c3cc(OCCCC)c(OCCCC)cc3c3cc(OCCCCOc4ccc(C(=O)O)c(F)c4)c(OCCCC)cc3c2cc1OCCCC. The van der Waals surface area contributed by atoms with Crippen LogP contribution in [0.15, 0.2) is 54.6 Å². The van der Waals surface area contributed by atoms with E-state index in [0.717, 1.165) is 120 Å². The van der Waals surface area contributed by atoms with E-state index in [1.54, 1.807) is 0 Å². The molecular formula is C49H63FO9. The zero-order valence-corrected chi connectivity index (χ0v) is 35.7. The van der Waals surface area contributed by atoms with Gasteiger partial charge in [-0.25, -0.2) is 9.18 Å². The molecule has 0 bridgehead atoms. The van der Waals surface area contributed by atoms with Gasteiger partial charge in [0.15, 0.2) is 34.5 Å². The highest BCUT2D eigenvalue weighted by molar-refractivity contribution is 6.26. The summed E-state index contributed by atoms with van der Waals surface area (Å²) in [7, 11) is 0. The Morgan fingerprint density at radius 3 is 0.949 bits per heavy atom. The quantitative estimate of drug-likeness (QED) is 0.0390. The van der Waals surface area contributed by atoms with Gasteiger partial charge >= 0.3 is 5.97 Å². The molecule has 0 unspecified atom stereocenters. The van der Waals surface area contributed by atoms with E-state index < -0.39 is 11.8 Å². The molecule has 320 valence electrons. The number of carboxylic acids is 1. The van der Waals surface area contributed by atoms with E-state index in [1.165, 1.54) is 12.1 Å². The molecule has 0 saturated carbocycles. The molecule has 0 aliphatic heterocycles. The number of halogens is 1. The van der Waals surface area contributed by atoms with Crippen LogP contribution in [-0.4, -0.2) is 57.3 Å². The molecular weight excluding hydrogens is 752 g/mol. The van der Waals surface area contributed by atoms with E-state index >= 15 is 0 Å². The minimum atomic E-state index is -1.32. The number of hydrogen-bond donors (Lipinski definition) is 1. The van der Waals surface area contributed by atoms with Crippen molar-refractivity contribution in [1.29, 1.82) is 0 Å². The van der Waals surface area contributed by atoms with Crippen molar-refractivity contribution >= 4 is 38.3 Å². The Morgan fingerprint density at radius 2 is 0.695 bits per heavy atom. The lowest BCUT2D eigenvalue weighted by Crippen LogP contribution is -2.06. The van der Waals surface area contributed by atoms with Crippen LogP contribution in [0.25, 0.3) is 32.3 Å². The van der Waals surface area contributed by atoms with Gasteiger partial charge in [0.25, 0.3) is 0 Å². The monoisotopic (exact) mass is 814 g/mol. The maximum absolute atomic E-state index is 14.2. The number of hydrogen-bond acceptors (Lipinski definition) is 8. The fraction of sp³-hybridized carbons (Fsp3) is 0.490. The van der Waals surface area contributed by atoms with Crippen LogP contribution in [0.4, 0.5) is 4.39 Å². The Kier molecular flexibility index (Phi) is 17.9. The standard InChI is InChI=1S/C49H63FO9/c1-6-11-20-54-43-28-36-37-29-44(55-21-12-7-2)46(57-23-14-9-4)31-39(37)41-33-48(59-26-17-16-25-53-34-18-19-35(49(51)52)42(50)27-34)47(58-24-15-10-5)32-40(41)38(36)30-45(43)56-22-13-8-3/h18-19,27-33H,6-17,20-26H2,1-5H3,(H,51,52). The van der Waals surface area contributed by atoms with Gasteiger partial charge < -0.3 is 38.3 Å². The van der Waals surface area contributed by atoms with Crippen molar-refractivity contribution in [3.63, 3.8) is 0 Å². The Labute approximate surface area is 349 Å². The van der Waals surface area contributed by atoms with Crippen molar-refractivity contribution in [2.75, 3.05) is 46.2 Å². The number of benzene rings is 5. The predicted octanol–water partition coefficient (Wildman–Crippen LogP) is 13.1. The van der Waals surface area contributed by atoms with E-state index in [2.05, 4.69) is 71.0 Å². The molecule has 5 aromatic rings. The normalized spacial score (nSPS) is 11.3. The minimum Gasteiger partial charge on any atom is -0.493 e. The second-order valence-corrected chi connectivity index (χ2v) is 14.9. The molecule has 0 amide bonds. The van der Waals surface area contributed by atoms with Gasteiger partial charge in [-0.05, 0) is 126 Å². The number of carboxylic acid groups (broad SMARTS) is 1. The Morgan fingerprint density at radius 1 is 0.424 bits per heavy atom. The molecule has 0 aliphatic rings. The fourth-order valence-corrected chi connectivity index (χ4v) is 6.66. The number of ether oxygens (including phenoxy) is 7. The van der Waals surface area contributed by atoms with Crippen molar-refractivity contribution < 1.29 is 47.4 Å². The van der Waals surface area contributed by atoms with Crippen LogP contribution in [0.5, 0.6) is 40.2 Å². The molecule has 0 fully saturated rings. The first-order valence-corrected chi connectivity index (χ1v) is 21.8. The molecule has 0 atom stereocenters. The zero-order valence-electron chi connectivity index (χ0n) is 35.7. The number of carbonyl (C=O) groups is 1. The van der Waals surface area contributed by atoms with Gasteiger partial charge in [-0.15, -0.1) is 0 Å². The molecule has 0 heterocycles. The number of aromatic carboxylic acids is 1. The fourth-order valence-electron chi connectivity index (χ4n) is 6.66. The van der Waals surface area contributed by atoms with Gasteiger partial charge in [-0.2, -0.15) is 0 Å². The Bertz CT molecular complexity index is 2070. The van der Waals surface area contributed by atoms with Crippen molar-refractivity contribution in [3.05, 3.63) is 66.0 Å². The summed E-state index contributed by atoms with van der Waals surface area (Å²) in [5.74, 6) is 2.32. The van der Waals surface area contributed by atoms with Crippen LogP contribution in [0.3, 0.4) is 0 Å². The number of fused-ring (bicyclic) bond motifs is 6. The van der Waals surface area contributed by atoms with Crippen molar-refractivity contribution in [2.24, 2.45) is 0 Å². The zero-order chi connectivity index (χ0) is 42.0. The molecule has 1 N–H and O–H groups in total. The third kappa shape index (κ3) is 12.2. The molecule has 0 spiro atoms. The maximum atomic E-state index is 14.2. The molecule has 5 aromatic carbocycles. The molecule has 0 saturated heterocycles. The van der Waals surface area contributed by atoms with Gasteiger partial charge in [0, 0.05) is 6.07 Å². The Hall–Kier alpha value is -5.12. The third-order valence-corrected chi connectivity index (χ3v) is 10.1. The highest BCUT2D eigenvalue weighted by atomic mass is 19.1. The first-order chi connectivity index (χ1) is 28.8. The number of unbranched alkanes of at least 4 members (excludes halogenated alkanes) is 6. The largest absolute Gasteiger partial charge is 0.493 e. The van der Waals surface area contributed by atoms with Gasteiger partial charge in [-0.3, -0.25) is 0 Å². The second kappa shape index (κ2) is 23.5. The van der Waals surface area contributed by atoms with E-state index in [0.29, 0.717) is 76.3 Å². The van der Waals surface area contributed by atoms with Gasteiger partial charge in [0.2, 0.25) is 0 Å². The van der Waals surface area contributed by atoms with Crippen LogP contribution in [0.1, 0.15) is 122 Å². The molecule has 0 aliphatic carbocycles. The van der Waals surface area contributed by atoms with E-state index in [4.69, 9.17) is 38.3 Å². The molecule has 59 heavy (non-hydrogen) atoms. The van der Waals surface area contributed by atoms with Gasteiger partial charge in [0.1, 0.15) is 11.6 Å². The molecule has 10 heteroatoms. The Balaban J connectivity index is 1.59. The lowest BCUT2D eigenvalue weighted by molar-refractivity contribution is 0.0691. The van der Waals surface area contributed by atoms with Crippen LogP contribution in [-0.2, 0) is 0 Å². The van der Waals surface area contributed by atoms with Crippen molar-refractivity contribution in [2.45, 2.75) is 112 Å². The summed E-state index contributed by atoms with van der Waals surface area (Å²) in [6.07, 6.45) is 11.0. The predicted molar refractivity (Wildman–Crippen MR) is 235 cm³/mol. The van der Waals surface area contributed by atoms with Crippen LogP contribution in [0.2, 0.25) is 0 Å². The molecule has 0 aromatic heterocycles. The highest BCUT2D eigenvalue weighted by Crippen LogP contribution is 2.47. The summed E-state index contributed by atoms with van der Waals surface area (Å²) >= 11 is 0. The highest BCUT2D eigenvalue weighted by Gasteiger charge is 2.21. The topological polar surface area (TPSA) is 102 Å². The first-order valence-electron chi connectivity index (χ1n) is 21.8. The summed E-state index contributed by atoms with van der Waals surface area (Å²) in [6.45, 7) is 14.4. The lowest BCUT2D eigenvalue weighted by Gasteiger charge is -2.20. The smallest absolute Gasteiger partial charge is 0.338 e. The van der Waals surface area contributed by atoms with Crippen LogP contribution < -0.4 is 33.2 Å². The lowest BCUT2D eigenvalue weighted by atomic mass is 9.93. The molecule has 9 nitrogen and oxygen atoms in total. The summed E-state index contributed by atoms with van der Waals surface area (Å²) in [5.41, 5.74) is -0.387. The molecule has 0 radical (unpaired) electrons. The molecule has 5 rings (SSSR count). The summed E-state index contributed by atoms with van der Waals surface area (Å²) in [5, 5.41) is 15.2. The average molecular weight is 815 g/mol. The third-order valence-electron chi connectivity index (χ3n) is 10.1. The summed E-state index contributed by atoms with van der Waals surface area (Å²) in [6, 6.07) is 16.4. The first kappa shape index (κ1) is 45.0. The van der Waals surface area contributed by atoms with E-state index in [-0.39, 0.29) is 11.3 Å². The van der Waals surface area contributed by atoms with Crippen molar-refractivity contribution in [1.82, 2.24) is 0 Å². The summed E-state index contributed by atoms with van der Waals surface area (Å²) in [4.78, 5) is 11.2. The van der Waals surface area contributed by atoms with Gasteiger partial charge in [-0.1, -0.05) is 66.7 Å².